The lowest BCUT2D eigenvalue weighted by Crippen LogP contribution is -2.45. The van der Waals surface area contributed by atoms with Crippen LogP contribution in [0.3, 0.4) is 0 Å². The summed E-state index contributed by atoms with van der Waals surface area (Å²) in [4.78, 5) is 33.5. The number of aryl methyl sites for hydroxylation is 2. The maximum Gasteiger partial charge on any atom is 0.226 e. The summed E-state index contributed by atoms with van der Waals surface area (Å²) in [5.74, 6) is 0.440. The molecule has 8 heterocycles. The Balaban J connectivity index is 1.12. The molecule has 6 fully saturated rings. The standard InChI is InChI=1S/C44H39Cl2FN8O/c1-22-30-17-36(42-26-13-28(54(42)44(56)23-9-10-23)21-53(20-26)27-16-34-33(51-19-27)8-4-12-49-34)55(41-25-15-35(41)50-18-25)43(30)31-14-24(5-3-11-48)37(39(47)40(31)52-22)29-6-2-7-32(45)38(29)46/h2,4,6-8,12,14,16-17,19,23,25-26,28,35,41-42,50H,3,5,9-10,13,15,18,20-21H2,1H3. The summed E-state index contributed by atoms with van der Waals surface area (Å²) in [7, 11) is 0. The Morgan fingerprint density at radius 2 is 1.91 bits per heavy atom. The molecule has 0 spiro atoms. The van der Waals surface area contributed by atoms with Gasteiger partial charge in [0.25, 0.3) is 0 Å². The van der Waals surface area contributed by atoms with Gasteiger partial charge in [-0.05, 0) is 86.9 Å². The SMILES string of the molecule is Cc1nc2c(F)c(-c3cccc(Cl)c3Cl)c(CCC#N)cc2c2c1cc(C1C3CC(CN(c4cnc5cccnc5c4)C3)N1C(=O)C1CC1)n2C1C2CNC1C2. The molecule has 56 heavy (non-hydrogen) atoms. The van der Waals surface area contributed by atoms with Crippen molar-refractivity contribution in [1.82, 2.24) is 29.7 Å². The molecule has 282 valence electrons. The van der Waals surface area contributed by atoms with Crippen LogP contribution in [-0.2, 0) is 11.2 Å². The van der Waals surface area contributed by atoms with Crippen LogP contribution in [0.5, 0.6) is 0 Å². The van der Waals surface area contributed by atoms with Crippen LogP contribution in [-0.4, -0.2) is 62.0 Å². The Hall–Kier alpha value is -4.82. The maximum atomic E-state index is 17.4. The predicted octanol–water partition coefficient (Wildman–Crippen LogP) is 8.73. The average Bonchev–Trinajstić information content (AvgIpc) is 3.48. The van der Waals surface area contributed by atoms with Crippen molar-refractivity contribution in [1.29, 1.82) is 5.26 Å². The lowest BCUT2D eigenvalue weighted by atomic mass is 9.79. The number of aromatic nitrogens is 4. The number of hydrogen-bond donors (Lipinski definition) is 1. The second kappa shape index (κ2) is 12.9. The normalized spacial score (nSPS) is 25.3. The highest BCUT2D eigenvalue weighted by molar-refractivity contribution is 6.43. The third-order valence-corrected chi connectivity index (χ3v) is 14.1. The molecule has 6 aromatic rings. The topological polar surface area (TPSA) is 103 Å². The molecule has 12 heteroatoms. The van der Waals surface area contributed by atoms with E-state index in [0.29, 0.717) is 39.4 Å². The van der Waals surface area contributed by atoms with Crippen LogP contribution >= 0.6 is 23.2 Å². The zero-order chi connectivity index (χ0) is 38.0. The van der Waals surface area contributed by atoms with E-state index in [1.807, 2.05) is 31.3 Å². The quantitative estimate of drug-likeness (QED) is 0.173. The van der Waals surface area contributed by atoms with Gasteiger partial charge in [0.15, 0.2) is 5.82 Å². The van der Waals surface area contributed by atoms with Crippen LogP contribution < -0.4 is 10.2 Å². The van der Waals surface area contributed by atoms with E-state index in [1.54, 1.807) is 24.4 Å². The maximum absolute atomic E-state index is 17.4. The van der Waals surface area contributed by atoms with Gasteiger partial charge < -0.3 is 19.7 Å². The predicted molar refractivity (Wildman–Crippen MR) is 216 cm³/mol. The third kappa shape index (κ3) is 5.13. The Bertz CT molecular complexity index is 2670. The summed E-state index contributed by atoms with van der Waals surface area (Å²) in [6.45, 7) is 4.39. The number of rotatable bonds is 7. The van der Waals surface area contributed by atoms with E-state index in [1.165, 1.54) is 0 Å². The highest BCUT2D eigenvalue weighted by atomic mass is 35.5. The van der Waals surface area contributed by atoms with E-state index >= 15 is 4.39 Å². The molecule has 6 atom stereocenters. The van der Waals surface area contributed by atoms with Crippen molar-refractivity contribution < 1.29 is 9.18 Å². The lowest BCUT2D eigenvalue weighted by molar-refractivity contribution is -0.135. The molecule has 1 amide bonds. The summed E-state index contributed by atoms with van der Waals surface area (Å²) >= 11 is 13.2. The van der Waals surface area contributed by atoms with Crippen LogP contribution in [0, 0.1) is 41.8 Å². The summed E-state index contributed by atoms with van der Waals surface area (Å²) < 4.78 is 19.9. The minimum absolute atomic E-state index is 0.0463. The number of pyridine rings is 3. The molecule has 6 unspecified atom stereocenters. The van der Waals surface area contributed by atoms with Gasteiger partial charge in [0.05, 0.1) is 62.7 Å². The smallest absolute Gasteiger partial charge is 0.226 e. The highest BCUT2D eigenvalue weighted by Crippen LogP contribution is 2.54. The number of fused-ring (bicyclic) bond motifs is 7. The number of likely N-dealkylation sites (tertiary alicyclic amines) is 1. The van der Waals surface area contributed by atoms with Gasteiger partial charge in [0.1, 0.15) is 5.52 Å². The van der Waals surface area contributed by atoms with Crippen molar-refractivity contribution in [2.45, 2.75) is 69.6 Å². The molecule has 4 aliphatic heterocycles. The van der Waals surface area contributed by atoms with Gasteiger partial charge in [-0.2, -0.15) is 5.26 Å². The number of nitrogens with zero attached hydrogens (tertiary/aromatic N) is 7. The largest absolute Gasteiger partial charge is 0.368 e. The van der Waals surface area contributed by atoms with E-state index in [2.05, 4.69) is 42.9 Å². The van der Waals surface area contributed by atoms with Crippen LogP contribution in [0.2, 0.25) is 10.0 Å². The number of carbonyl (C=O) groups excluding carboxylic acids is 1. The summed E-state index contributed by atoms with van der Waals surface area (Å²) in [5.41, 5.74) is 7.31. The number of nitriles is 1. The van der Waals surface area contributed by atoms with Gasteiger partial charge in [-0.15, -0.1) is 0 Å². The van der Waals surface area contributed by atoms with E-state index in [9.17, 15) is 10.1 Å². The summed E-state index contributed by atoms with van der Waals surface area (Å²) in [6.07, 6.45) is 8.16. The first-order valence-electron chi connectivity index (χ1n) is 19.8. The monoisotopic (exact) mass is 784 g/mol. The minimum Gasteiger partial charge on any atom is -0.368 e. The van der Waals surface area contributed by atoms with E-state index in [-0.39, 0.29) is 58.9 Å². The average molecular weight is 786 g/mol. The zero-order valence-electron chi connectivity index (χ0n) is 30.9. The van der Waals surface area contributed by atoms with Gasteiger partial charge in [0.2, 0.25) is 5.91 Å². The molecule has 2 aliphatic carbocycles. The molecule has 2 saturated carbocycles. The number of benzene rings is 2. The molecule has 12 rings (SSSR count). The second-order valence-corrected chi connectivity index (χ2v) is 17.3. The Kier molecular flexibility index (Phi) is 7.90. The number of anilines is 1. The molecule has 4 aromatic heterocycles. The molecule has 9 nitrogen and oxygen atoms in total. The van der Waals surface area contributed by atoms with Crippen LogP contribution in [0.25, 0.3) is 44.0 Å². The lowest BCUT2D eigenvalue weighted by Gasteiger charge is -2.40. The molecule has 4 saturated heterocycles. The van der Waals surface area contributed by atoms with Crippen LogP contribution in [0.4, 0.5) is 10.1 Å². The van der Waals surface area contributed by atoms with Crippen LogP contribution in [0.1, 0.15) is 61.1 Å². The first kappa shape index (κ1) is 34.4. The van der Waals surface area contributed by atoms with Gasteiger partial charge in [-0.25, -0.2) is 9.37 Å². The van der Waals surface area contributed by atoms with Crippen molar-refractivity contribution in [3.63, 3.8) is 0 Å². The number of halogens is 3. The van der Waals surface area contributed by atoms with Crippen LogP contribution in [0.15, 0.2) is 60.9 Å². The number of amides is 1. The second-order valence-electron chi connectivity index (χ2n) is 16.5. The summed E-state index contributed by atoms with van der Waals surface area (Å²) in [5, 5.41) is 15.7. The van der Waals surface area contributed by atoms with Crippen molar-refractivity contribution in [3.05, 3.63) is 93.7 Å². The fraction of sp³-hybridized carbons (Fsp3) is 0.386. The van der Waals surface area contributed by atoms with Gasteiger partial charge >= 0.3 is 0 Å². The van der Waals surface area contributed by atoms with Gasteiger partial charge in [-0.3, -0.25) is 14.8 Å². The van der Waals surface area contributed by atoms with Gasteiger partial charge in [-0.1, -0.05) is 35.3 Å². The van der Waals surface area contributed by atoms with Crippen molar-refractivity contribution in [2.75, 3.05) is 24.5 Å². The van der Waals surface area contributed by atoms with Gasteiger partial charge in [0, 0.05) is 83.4 Å². The molecular formula is C44H39Cl2FN8O. The van der Waals surface area contributed by atoms with Crippen molar-refractivity contribution >= 4 is 67.6 Å². The zero-order valence-corrected chi connectivity index (χ0v) is 32.4. The van der Waals surface area contributed by atoms with Crippen molar-refractivity contribution in [2.24, 2.45) is 17.8 Å². The molecule has 0 radical (unpaired) electrons. The first-order valence-corrected chi connectivity index (χ1v) is 20.5. The molecule has 2 aromatic carbocycles. The fourth-order valence-corrected chi connectivity index (χ4v) is 11.0. The van der Waals surface area contributed by atoms with Crippen molar-refractivity contribution in [3.8, 4) is 17.2 Å². The van der Waals surface area contributed by atoms with E-state index < -0.39 is 5.82 Å². The molecular weight excluding hydrogens is 746 g/mol. The Morgan fingerprint density at radius 3 is 2.70 bits per heavy atom. The molecule has 4 bridgehead atoms. The molecule has 6 aliphatic rings. The minimum atomic E-state index is -0.468. The Morgan fingerprint density at radius 1 is 1.04 bits per heavy atom. The number of carbonyl (C=O) groups is 1. The fourth-order valence-electron chi connectivity index (χ4n) is 10.6. The summed E-state index contributed by atoms with van der Waals surface area (Å²) in [6, 6.07) is 18.1. The number of hydrogen-bond acceptors (Lipinski definition) is 7. The number of nitrogens with one attached hydrogen (secondary N) is 1. The number of piperidine rings is 1. The van der Waals surface area contributed by atoms with E-state index in [4.69, 9.17) is 33.2 Å². The Labute approximate surface area is 333 Å². The van der Waals surface area contributed by atoms with E-state index in [0.717, 1.165) is 84.3 Å². The highest BCUT2D eigenvalue weighted by Gasteiger charge is 2.55. The first-order chi connectivity index (χ1) is 27.3. The molecule has 1 N–H and O–H groups in total. The third-order valence-electron chi connectivity index (χ3n) is 13.3.